The van der Waals surface area contributed by atoms with Crippen molar-refractivity contribution < 1.29 is 21.6 Å². The number of rotatable bonds is 2. The van der Waals surface area contributed by atoms with E-state index >= 15 is 0 Å². The molecule has 2 N–H and O–H groups in total. The first-order chi connectivity index (χ1) is 7.19. The highest BCUT2D eigenvalue weighted by molar-refractivity contribution is 7.92. The van der Waals surface area contributed by atoms with E-state index in [1.165, 1.54) is 13.8 Å². The Kier molecular flexibility index (Phi) is 3.18. The van der Waals surface area contributed by atoms with Crippen LogP contribution in [0.1, 0.15) is 13.8 Å². The van der Waals surface area contributed by atoms with Crippen LogP contribution in [0.15, 0.2) is 11.0 Å². The van der Waals surface area contributed by atoms with E-state index in [2.05, 4.69) is 0 Å². The summed E-state index contributed by atoms with van der Waals surface area (Å²) in [6, 6.07) is 0.452. The summed E-state index contributed by atoms with van der Waals surface area (Å²) in [5.41, 5.74) is 4.19. The third-order valence-electron chi connectivity index (χ3n) is 2.05. The van der Waals surface area contributed by atoms with Gasteiger partial charge in [0, 0.05) is 6.07 Å². The van der Waals surface area contributed by atoms with Crippen molar-refractivity contribution in [1.29, 1.82) is 0 Å². The van der Waals surface area contributed by atoms with Gasteiger partial charge in [-0.05, 0) is 13.8 Å². The monoisotopic (exact) mass is 253 g/mol. The van der Waals surface area contributed by atoms with E-state index in [1.807, 2.05) is 0 Å². The maximum absolute atomic E-state index is 13.3. The lowest BCUT2D eigenvalue weighted by molar-refractivity contribution is 0.460. The van der Waals surface area contributed by atoms with E-state index in [4.69, 9.17) is 5.73 Å². The predicted octanol–water partition coefficient (Wildman–Crippen LogP) is 1.87. The third kappa shape index (κ3) is 1.87. The van der Waals surface area contributed by atoms with Crippen LogP contribution in [0, 0.1) is 17.5 Å². The molecule has 0 saturated carbocycles. The molecule has 0 unspecified atom stereocenters. The Balaban J connectivity index is 3.66. The molecule has 16 heavy (non-hydrogen) atoms. The van der Waals surface area contributed by atoms with Gasteiger partial charge in [-0.25, -0.2) is 21.6 Å². The molecule has 7 heteroatoms. The number of hydrogen-bond donors (Lipinski definition) is 1. The lowest BCUT2D eigenvalue weighted by Crippen LogP contribution is -2.18. The van der Waals surface area contributed by atoms with Crippen LogP contribution >= 0.6 is 0 Å². The molecule has 1 aromatic rings. The van der Waals surface area contributed by atoms with Gasteiger partial charge >= 0.3 is 0 Å². The van der Waals surface area contributed by atoms with E-state index in [0.717, 1.165) is 0 Å². The Hall–Kier alpha value is -1.24. The Morgan fingerprint density at radius 1 is 1.19 bits per heavy atom. The van der Waals surface area contributed by atoms with E-state index in [-0.39, 0.29) is 0 Å². The quantitative estimate of drug-likeness (QED) is 0.646. The normalized spacial score (nSPS) is 12.1. The topological polar surface area (TPSA) is 60.2 Å². The molecule has 3 nitrogen and oxygen atoms in total. The molecule has 0 aromatic heterocycles. The van der Waals surface area contributed by atoms with Gasteiger partial charge in [-0.15, -0.1) is 0 Å². The summed E-state index contributed by atoms with van der Waals surface area (Å²) in [5.74, 6) is -4.71. The van der Waals surface area contributed by atoms with Crippen LogP contribution in [0.4, 0.5) is 18.9 Å². The second kappa shape index (κ2) is 3.97. The highest BCUT2D eigenvalue weighted by atomic mass is 32.2. The largest absolute Gasteiger partial charge is 0.396 e. The maximum Gasteiger partial charge on any atom is 0.186 e. The molecule has 0 aliphatic heterocycles. The van der Waals surface area contributed by atoms with Crippen LogP contribution in [-0.4, -0.2) is 13.7 Å². The molecule has 0 aliphatic rings. The van der Waals surface area contributed by atoms with Gasteiger partial charge in [-0.3, -0.25) is 0 Å². The van der Waals surface area contributed by atoms with Gasteiger partial charge in [-0.1, -0.05) is 0 Å². The van der Waals surface area contributed by atoms with Crippen LogP contribution in [0.5, 0.6) is 0 Å². The van der Waals surface area contributed by atoms with Crippen molar-refractivity contribution in [2.45, 2.75) is 24.0 Å². The molecule has 1 aromatic carbocycles. The van der Waals surface area contributed by atoms with Crippen LogP contribution in [0.25, 0.3) is 0 Å². The number of anilines is 1. The fraction of sp³-hybridized carbons (Fsp3) is 0.333. The molecule has 0 fully saturated rings. The van der Waals surface area contributed by atoms with Crippen LogP contribution in [0.2, 0.25) is 0 Å². The highest BCUT2D eigenvalue weighted by Gasteiger charge is 2.30. The minimum Gasteiger partial charge on any atom is -0.396 e. The standard InChI is InChI=1S/C9H10F3NO2S/c1-4(2)16(14,15)9-5(10)3-6(13)7(11)8(9)12/h3-4H,13H2,1-2H3. The average molecular weight is 253 g/mol. The lowest BCUT2D eigenvalue weighted by Gasteiger charge is -2.11. The molecule has 0 amide bonds. The molecule has 0 radical (unpaired) electrons. The highest BCUT2D eigenvalue weighted by Crippen LogP contribution is 2.27. The van der Waals surface area contributed by atoms with Gasteiger partial charge in [0.05, 0.1) is 10.9 Å². The van der Waals surface area contributed by atoms with Crippen molar-refractivity contribution in [2.75, 3.05) is 5.73 Å². The van der Waals surface area contributed by atoms with E-state index in [0.29, 0.717) is 6.07 Å². The smallest absolute Gasteiger partial charge is 0.186 e. The molecule has 0 spiro atoms. The lowest BCUT2D eigenvalue weighted by atomic mass is 10.3. The SMILES string of the molecule is CC(C)S(=O)(=O)c1c(F)cc(N)c(F)c1F. The third-order valence-corrected chi connectivity index (χ3v) is 4.23. The predicted molar refractivity (Wildman–Crippen MR) is 53.1 cm³/mol. The van der Waals surface area contributed by atoms with Crippen molar-refractivity contribution >= 4 is 15.5 Å². The molecular formula is C9H10F3NO2S. The summed E-state index contributed by atoms with van der Waals surface area (Å²) < 4.78 is 62.7. The summed E-state index contributed by atoms with van der Waals surface area (Å²) in [4.78, 5) is -1.27. The molecule has 1 rings (SSSR count). The maximum atomic E-state index is 13.3. The second-order valence-electron chi connectivity index (χ2n) is 3.50. The van der Waals surface area contributed by atoms with Gasteiger partial charge in [0.2, 0.25) is 0 Å². The second-order valence-corrected chi connectivity index (χ2v) is 5.94. The number of benzene rings is 1. The van der Waals surface area contributed by atoms with Gasteiger partial charge in [0.1, 0.15) is 10.7 Å². The summed E-state index contributed by atoms with van der Waals surface area (Å²) in [7, 11) is -4.22. The van der Waals surface area contributed by atoms with Crippen molar-refractivity contribution in [3.63, 3.8) is 0 Å². The van der Waals surface area contributed by atoms with Gasteiger partial charge in [-0.2, -0.15) is 0 Å². The zero-order chi connectivity index (χ0) is 12.7. The van der Waals surface area contributed by atoms with E-state index in [9.17, 15) is 21.6 Å². The first kappa shape index (κ1) is 12.8. The van der Waals surface area contributed by atoms with Crippen LogP contribution in [-0.2, 0) is 9.84 Å². The van der Waals surface area contributed by atoms with E-state index < -0.39 is 43.1 Å². The van der Waals surface area contributed by atoms with Gasteiger partial charge in [0.25, 0.3) is 0 Å². The number of nitrogen functional groups attached to an aromatic ring is 1. The Labute approximate surface area is 91.0 Å². The minimum absolute atomic E-state index is 0.452. The van der Waals surface area contributed by atoms with Gasteiger partial charge in [0.15, 0.2) is 21.5 Å². The minimum atomic E-state index is -4.22. The molecule has 0 saturated heterocycles. The summed E-state index contributed by atoms with van der Waals surface area (Å²) in [5, 5.41) is -1.06. The number of halogens is 3. The van der Waals surface area contributed by atoms with E-state index in [1.54, 1.807) is 0 Å². The fourth-order valence-corrected chi connectivity index (χ4v) is 2.23. The summed E-state index contributed by atoms with van der Waals surface area (Å²) in [6.45, 7) is 2.48. The van der Waals surface area contributed by atoms with Crippen molar-refractivity contribution in [3.8, 4) is 0 Å². The summed E-state index contributed by atoms with van der Waals surface area (Å²) in [6.07, 6.45) is 0. The summed E-state index contributed by atoms with van der Waals surface area (Å²) >= 11 is 0. The van der Waals surface area contributed by atoms with Crippen molar-refractivity contribution in [1.82, 2.24) is 0 Å². The number of nitrogens with two attached hydrogens (primary N) is 1. The first-order valence-electron chi connectivity index (χ1n) is 4.36. The molecular weight excluding hydrogens is 243 g/mol. The Morgan fingerprint density at radius 3 is 2.12 bits per heavy atom. The molecule has 0 heterocycles. The zero-order valence-corrected chi connectivity index (χ0v) is 9.41. The van der Waals surface area contributed by atoms with Gasteiger partial charge < -0.3 is 5.73 Å². The zero-order valence-electron chi connectivity index (χ0n) is 8.59. The molecule has 0 atom stereocenters. The number of hydrogen-bond acceptors (Lipinski definition) is 3. The average Bonchev–Trinajstić information content (AvgIpc) is 2.13. The fourth-order valence-electron chi connectivity index (χ4n) is 1.09. The van der Waals surface area contributed by atoms with Crippen molar-refractivity contribution in [3.05, 3.63) is 23.5 Å². The van der Waals surface area contributed by atoms with Crippen LogP contribution in [0.3, 0.4) is 0 Å². The molecule has 0 aliphatic carbocycles. The number of sulfone groups is 1. The Morgan fingerprint density at radius 2 is 1.69 bits per heavy atom. The van der Waals surface area contributed by atoms with Crippen LogP contribution < -0.4 is 5.73 Å². The molecule has 90 valence electrons. The molecule has 0 bridgehead atoms. The van der Waals surface area contributed by atoms with Crippen molar-refractivity contribution in [2.24, 2.45) is 0 Å². The Bertz CT molecular complexity index is 526. The first-order valence-corrected chi connectivity index (χ1v) is 5.91.